The Morgan fingerprint density at radius 1 is 1.15 bits per heavy atom. The molecule has 1 heterocycles. The number of hydrogen-bond acceptors (Lipinski definition) is 3. The van der Waals surface area contributed by atoms with Gasteiger partial charge in [0, 0.05) is 11.5 Å². The van der Waals surface area contributed by atoms with E-state index in [1.54, 1.807) is 6.07 Å². The molecular formula is C16H19BO3. The summed E-state index contributed by atoms with van der Waals surface area (Å²) in [6, 6.07) is 11.4. The Kier molecular flexibility index (Phi) is 3.23. The third-order valence-electron chi connectivity index (χ3n) is 3.75. The van der Waals surface area contributed by atoms with Crippen molar-refractivity contribution >= 4 is 23.4 Å². The Balaban J connectivity index is 2.08. The SMILES string of the molecule is CC1CC(C)(C)OB(c2cccc3c(O)cccc23)O1. The highest BCUT2D eigenvalue weighted by Gasteiger charge is 2.38. The minimum absolute atomic E-state index is 0.149. The average Bonchev–Trinajstić information content (AvgIpc) is 2.36. The van der Waals surface area contributed by atoms with E-state index in [4.69, 9.17) is 9.31 Å². The fraction of sp³-hybridized carbons (Fsp3) is 0.375. The normalized spacial score (nSPS) is 22.1. The minimum Gasteiger partial charge on any atom is -0.507 e. The summed E-state index contributed by atoms with van der Waals surface area (Å²) in [4.78, 5) is 0. The lowest BCUT2D eigenvalue weighted by molar-refractivity contribution is -0.0228. The summed E-state index contributed by atoms with van der Waals surface area (Å²) in [5, 5.41) is 11.8. The molecule has 3 nitrogen and oxygen atoms in total. The zero-order valence-electron chi connectivity index (χ0n) is 12.1. The molecule has 2 aromatic carbocycles. The Hall–Kier alpha value is -1.52. The Bertz CT molecular complexity index is 639. The van der Waals surface area contributed by atoms with Gasteiger partial charge in [-0.2, -0.15) is 0 Å². The molecule has 0 spiro atoms. The summed E-state index contributed by atoms with van der Waals surface area (Å²) in [5.74, 6) is 0.285. The van der Waals surface area contributed by atoms with Crippen molar-refractivity contribution in [3.05, 3.63) is 36.4 Å². The summed E-state index contributed by atoms with van der Waals surface area (Å²) in [6.07, 6.45) is 1.02. The molecular weight excluding hydrogens is 251 g/mol. The van der Waals surface area contributed by atoms with Crippen LogP contribution in [-0.4, -0.2) is 23.9 Å². The zero-order valence-corrected chi connectivity index (χ0v) is 12.1. The van der Waals surface area contributed by atoms with Crippen molar-refractivity contribution in [2.75, 3.05) is 0 Å². The molecule has 0 amide bonds. The van der Waals surface area contributed by atoms with Crippen LogP contribution >= 0.6 is 0 Å². The Labute approximate surface area is 119 Å². The van der Waals surface area contributed by atoms with Crippen molar-refractivity contribution < 1.29 is 14.4 Å². The highest BCUT2D eigenvalue weighted by molar-refractivity contribution is 6.64. The van der Waals surface area contributed by atoms with Gasteiger partial charge in [-0.15, -0.1) is 0 Å². The molecule has 1 aliphatic rings. The van der Waals surface area contributed by atoms with Gasteiger partial charge >= 0.3 is 7.12 Å². The lowest BCUT2D eigenvalue weighted by atomic mass is 9.72. The van der Waals surface area contributed by atoms with E-state index < -0.39 is 0 Å². The lowest BCUT2D eigenvalue weighted by Crippen LogP contribution is -2.51. The van der Waals surface area contributed by atoms with Gasteiger partial charge in [0.25, 0.3) is 0 Å². The van der Waals surface area contributed by atoms with Crippen molar-refractivity contribution in [1.82, 2.24) is 0 Å². The first-order valence-electron chi connectivity index (χ1n) is 7.00. The fourth-order valence-electron chi connectivity index (χ4n) is 2.98. The molecule has 1 saturated heterocycles. The van der Waals surface area contributed by atoms with Gasteiger partial charge in [0.2, 0.25) is 0 Å². The van der Waals surface area contributed by atoms with Crippen LogP contribution in [0.15, 0.2) is 36.4 Å². The van der Waals surface area contributed by atoms with E-state index in [-0.39, 0.29) is 24.6 Å². The van der Waals surface area contributed by atoms with Gasteiger partial charge in [0.1, 0.15) is 5.75 Å². The second-order valence-electron chi connectivity index (χ2n) is 6.08. The molecule has 0 saturated carbocycles. The third kappa shape index (κ3) is 2.41. The van der Waals surface area contributed by atoms with E-state index in [0.29, 0.717) is 0 Å². The van der Waals surface area contributed by atoms with E-state index in [1.807, 2.05) is 30.3 Å². The van der Waals surface area contributed by atoms with Crippen LogP contribution in [0.3, 0.4) is 0 Å². The van der Waals surface area contributed by atoms with Crippen molar-refractivity contribution in [3.63, 3.8) is 0 Å². The quantitative estimate of drug-likeness (QED) is 0.810. The first kappa shape index (κ1) is 13.5. The number of benzene rings is 2. The topological polar surface area (TPSA) is 38.7 Å². The van der Waals surface area contributed by atoms with Crippen molar-refractivity contribution in [2.45, 2.75) is 38.9 Å². The van der Waals surface area contributed by atoms with Crippen LogP contribution in [0.1, 0.15) is 27.2 Å². The molecule has 1 aliphatic heterocycles. The van der Waals surface area contributed by atoms with Gasteiger partial charge in [0.15, 0.2) is 0 Å². The minimum atomic E-state index is -0.390. The van der Waals surface area contributed by atoms with Crippen LogP contribution in [0.2, 0.25) is 0 Å². The van der Waals surface area contributed by atoms with Gasteiger partial charge in [-0.1, -0.05) is 30.3 Å². The molecule has 0 aromatic heterocycles. The molecule has 1 N–H and O–H groups in total. The molecule has 0 radical (unpaired) electrons. The standard InChI is InChI=1S/C16H19BO3/c1-11-10-16(2,3)20-17(19-11)14-8-4-7-13-12(14)6-5-9-15(13)18/h4-9,11,18H,10H2,1-3H3. The summed E-state index contributed by atoms with van der Waals surface area (Å²) in [5.41, 5.74) is 0.763. The van der Waals surface area contributed by atoms with Gasteiger partial charge in [-0.05, 0) is 44.1 Å². The average molecular weight is 270 g/mol. The molecule has 0 aliphatic carbocycles. The maximum atomic E-state index is 9.97. The highest BCUT2D eigenvalue weighted by Crippen LogP contribution is 2.28. The van der Waals surface area contributed by atoms with Gasteiger partial charge in [0.05, 0.1) is 5.60 Å². The highest BCUT2D eigenvalue weighted by atomic mass is 16.6. The molecule has 4 heteroatoms. The van der Waals surface area contributed by atoms with Crippen LogP contribution in [0.4, 0.5) is 0 Å². The second-order valence-corrected chi connectivity index (χ2v) is 6.08. The predicted molar refractivity (Wildman–Crippen MR) is 81.3 cm³/mol. The van der Waals surface area contributed by atoms with E-state index >= 15 is 0 Å². The van der Waals surface area contributed by atoms with Crippen molar-refractivity contribution in [3.8, 4) is 5.75 Å². The smallest absolute Gasteiger partial charge is 0.495 e. The van der Waals surface area contributed by atoms with E-state index in [9.17, 15) is 5.11 Å². The van der Waals surface area contributed by atoms with Crippen LogP contribution in [0.5, 0.6) is 5.75 Å². The summed E-state index contributed by atoms with van der Waals surface area (Å²) in [7, 11) is -0.390. The molecule has 1 unspecified atom stereocenters. The van der Waals surface area contributed by atoms with E-state index in [0.717, 1.165) is 22.7 Å². The zero-order chi connectivity index (χ0) is 14.3. The lowest BCUT2D eigenvalue weighted by Gasteiger charge is -2.38. The van der Waals surface area contributed by atoms with Gasteiger partial charge in [-0.25, -0.2) is 0 Å². The first-order valence-corrected chi connectivity index (χ1v) is 7.00. The maximum Gasteiger partial charge on any atom is 0.495 e. The summed E-state index contributed by atoms with van der Waals surface area (Å²) in [6.45, 7) is 6.24. The monoisotopic (exact) mass is 270 g/mol. The number of hydrogen-bond donors (Lipinski definition) is 1. The summed E-state index contributed by atoms with van der Waals surface area (Å²) < 4.78 is 12.0. The number of phenolic OH excluding ortho intramolecular Hbond substituents is 1. The molecule has 0 bridgehead atoms. The largest absolute Gasteiger partial charge is 0.507 e. The van der Waals surface area contributed by atoms with Gasteiger partial charge < -0.3 is 14.4 Å². The molecule has 1 atom stereocenters. The van der Waals surface area contributed by atoms with Gasteiger partial charge in [-0.3, -0.25) is 0 Å². The molecule has 2 aromatic rings. The van der Waals surface area contributed by atoms with E-state index in [2.05, 4.69) is 20.8 Å². The van der Waals surface area contributed by atoms with Crippen LogP contribution in [0.25, 0.3) is 10.8 Å². The predicted octanol–water partition coefficient (Wildman–Crippen LogP) is 2.84. The molecule has 1 fully saturated rings. The van der Waals surface area contributed by atoms with Crippen molar-refractivity contribution in [2.24, 2.45) is 0 Å². The van der Waals surface area contributed by atoms with Crippen LogP contribution in [-0.2, 0) is 9.31 Å². The first-order chi connectivity index (χ1) is 9.46. The van der Waals surface area contributed by atoms with E-state index in [1.165, 1.54) is 0 Å². The second kappa shape index (κ2) is 4.79. The van der Waals surface area contributed by atoms with Crippen LogP contribution in [0, 0.1) is 0 Å². The fourth-order valence-corrected chi connectivity index (χ4v) is 2.98. The van der Waals surface area contributed by atoms with Crippen LogP contribution < -0.4 is 5.46 Å². The number of phenols is 1. The molecule has 20 heavy (non-hydrogen) atoms. The molecule has 104 valence electrons. The summed E-state index contributed by atoms with van der Waals surface area (Å²) >= 11 is 0. The Morgan fingerprint density at radius 2 is 1.85 bits per heavy atom. The number of rotatable bonds is 1. The molecule has 3 rings (SSSR count). The third-order valence-corrected chi connectivity index (χ3v) is 3.75. The number of fused-ring (bicyclic) bond motifs is 1. The number of aromatic hydroxyl groups is 1. The van der Waals surface area contributed by atoms with Crippen molar-refractivity contribution in [1.29, 1.82) is 0 Å². The maximum absolute atomic E-state index is 9.97. The Morgan fingerprint density at radius 3 is 2.60 bits per heavy atom.